The highest BCUT2D eigenvalue weighted by molar-refractivity contribution is 4.92. The Kier molecular flexibility index (Phi) is 34.8. The van der Waals surface area contributed by atoms with Crippen molar-refractivity contribution < 1.29 is 13.7 Å². The molecule has 0 aromatic rings. The van der Waals surface area contributed by atoms with E-state index < -0.39 is 19.1 Å². The van der Waals surface area contributed by atoms with Crippen molar-refractivity contribution in [1.82, 2.24) is 0 Å². The summed E-state index contributed by atoms with van der Waals surface area (Å²) < 4.78 is 72.4. The highest BCUT2D eigenvalue weighted by Gasteiger charge is 2.40. The zero-order valence-corrected chi connectivity index (χ0v) is 57.4. The summed E-state index contributed by atoms with van der Waals surface area (Å²) in [6, 6.07) is 0. The largest absolute Gasteiger partial charge is 0.0651 e. The monoisotopic (exact) mass is 1090 g/mol. The Morgan fingerprint density at radius 3 is 0.974 bits per heavy atom. The molecular formula is C77H156. The summed E-state index contributed by atoms with van der Waals surface area (Å²) in [5, 5.41) is 0. The normalized spacial score (nSPS) is 29.1. The van der Waals surface area contributed by atoms with E-state index in [4.69, 9.17) is 13.7 Å². The van der Waals surface area contributed by atoms with Crippen LogP contribution >= 0.6 is 0 Å². The first-order valence-electron chi connectivity index (χ1n) is 39.4. The molecule has 0 unspecified atom stereocenters. The molecule has 0 amide bonds. The molecule has 77 heavy (non-hydrogen) atoms. The van der Waals surface area contributed by atoms with Gasteiger partial charge in [0.25, 0.3) is 0 Å². The van der Waals surface area contributed by atoms with E-state index in [0.29, 0.717) is 11.3 Å². The van der Waals surface area contributed by atoms with Crippen LogP contribution in [0.5, 0.6) is 0 Å². The van der Waals surface area contributed by atoms with Crippen molar-refractivity contribution >= 4 is 0 Å². The van der Waals surface area contributed by atoms with Gasteiger partial charge in [-0.05, 0) is 164 Å². The van der Waals surface area contributed by atoms with E-state index in [1.807, 2.05) is 90.0 Å². The Labute approximate surface area is 507 Å². The summed E-state index contributed by atoms with van der Waals surface area (Å²) in [6.45, 7) is 41.7. The van der Waals surface area contributed by atoms with Gasteiger partial charge in [0.1, 0.15) is 0 Å². The summed E-state index contributed by atoms with van der Waals surface area (Å²) in [6.07, 6.45) is 50.8. The molecule has 0 nitrogen and oxygen atoms in total. The Morgan fingerprint density at radius 1 is 0.403 bits per heavy atom. The third-order valence-corrected chi connectivity index (χ3v) is 19.6. The zero-order chi connectivity index (χ0) is 67.4. The Hall–Kier alpha value is 0. The lowest BCUT2D eigenvalue weighted by Crippen LogP contribution is -2.34. The third kappa shape index (κ3) is 43.3. The predicted octanol–water partition coefficient (Wildman–Crippen LogP) is 28.1. The van der Waals surface area contributed by atoms with Crippen LogP contribution in [-0.4, -0.2) is 0 Å². The SMILES string of the molecule is CC1CCC(C2CCCCC2)CC1.CC1CCC2(CC1)CCC(C)(C)CC2.CC1CCC2(CCCC2)CC1.[2H]C(C)(C)C.[2H]C(C)(C)C.[2H]C([2H])(C)C(C)(C)C.[2H]C([2H])(C)C(C)C.[2H]C([2H])(C)C1CCCC1.[2H]C1(C)CCCC1.[2H]C1(C)CCCCC1. The molecule has 9 fully saturated rings. The Morgan fingerprint density at radius 2 is 0.688 bits per heavy atom. The van der Waals surface area contributed by atoms with Crippen molar-refractivity contribution in [2.75, 3.05) is 0 Å². The lowest BCUT2D eigenvalue weighted by atomic mass is 9.59. The molecule has 0 heteroatoms. The van der Waals surface area contributed by atoms with Crippen molar-refractivity contribution in [3.8, 4) is 0 Å². The fraction of sp³-hybridized carbons (Fsp3) is 1.00. The van der Waals surface area contributed by atoms with Gasteiger partial charge in [0, 0.05) is 13.7 Å². The second kappa shape index (κ2) is 44.5. The van der Waals surface area contributed by atoms with Gasteiger partial charge in [-0.15, -0.1) is 0 Å². The molecule has 9 aliphatic carbocycles. The Balaban J connectivity index is 0.000000961. The molecule has 0 N–H and O–H groups in total. The van der Waals surface area contributed by atoms with Gasteiger partial charge in [0.2, 0.25) is 0 Å². The molecule has 0 aliphatic heterocycles. The van der Waals surface area contributed by atoms with Gasteiger partial charge in [-0.3, -0.25) is 0 Å². The van der Waals surface area contributed by atoms with Gasteiger partial charge >= 0.3 is 0 Å². The highest BCUT2D eigenvalue weighted by Crippen LogP contribution is 2.53. The smallest absolute Gasteiger partial charge is 0.0300 e. The Bertz CT molecular complexity index is 1600. The van der Waals surface area contributed by atoms with Crippen LogP contribution in [0, 0.1) is 86.7 Å². The lowest BCUT2D eigenvalue weighted by molar-refractivity contribution is 0.0511. The van der Waals surface area contributed by atoms with Crippen LogP contribution in [0.15, 0.2) is 0 Å². The van der Waals surface area contributed by atoms with Crippen LogP contribution in [0.1, 0.15) is 422 Å². The minimum Gasteiger partial charge on any atom is -0.0651 e. The van der Waals surface area contributed by atoms with E-state index in [1.54, 1.807) is 72.1 Å². The molecule has 0 bridgehead atoms. The van der Waals surface area contributed by atoms with Crippen molar-refractivity contribution in [2.24, 2.45) is 86.7 Å². The van der Waals surface area contributed by atoms with E-state index in [0.717, 1.165) is 78.9 Å². The van der Waals surface area contributed by atoms with Gasteiger partial charge < -0.3 is 0 Å². The summed E-state index contributed by atoms with van der Waals surface area (Å²) in [7, 11) is 0. The fourth-order valence-corrected chi connectivity index (χ4v) is 13.0. The molecule has 9 rings (SSSR count). The quantitative estimate of drug-likeness (QED) is 0.264. The average molecular weight is 1090 g/mol. The molecule has 0 aromatic heterocycles. The van der Waals surface area contributed by atoms with Crippen LogP contribution in [0.2, 0.25) is 0 Å². The molecule has 0 aromatic carbocycles. The number of hydrogen-bond donors (Lipinski definition) is 0. The first kappa shape index (κ1) is 60.1. The average Bonchev–Trinajstić information content (AvgIpc) is 3.47. The third-order valence-electron chi connectivity index (χ3n) is 19.6. The van der Waals surface area contributed by atoms with Crippen LogP contribution < -0.4 is 0 Å². The van der Waals surface area contributed by atoms with Gasteiger partial charge in [0.15, 0.2) is 0 Å². The van der Waals surface area contributed by atoms with Crippen molar-refractivity contribution in [1.29, 1.82) is 0 Å². The second-order valence-electron chi connectivity index (χ2n) is 31.0. The van der Waals surface area contributed by atoms with Crippen LogP contribution in [-0.2, 0) is 0 Å². The maximum atomic E-state index is 7.63. The zero-order valence-electron chi connectivity index (χ0n) is 67.4. The van der Waals surface area contributed by atoms with E-state index in [9.17, 15) is 0 Å². The van der Waals surface area contributed by atoms with Crippen molar-refractivity contribution in [2.45, 2.75) is 409 Å². The maximum absolute atomic E-state index is 7.63. The van der Waals surface area contributed by atoms with Crippen LogP contribution in [0.25, 0.3) is 0 Å². The van der Waals surface area contributed by atoms with Gasteiger partial charge in [-0.2, -0.15) is 0 Å². The van der Waals surface area contributed by atoms with E-state index in [-0.39, 0.29) is 34.9 Å². The van der Waals surface area contributed by atoms with Crippen molar-refractivity contribution in [3.05, 3.63) is 0 Å². The molecule has 464 valence electrons. The summed E-state index contributed by atoms with van der Waals surface area (Å²) in [4.78, 5) is 0. The van der Waals surface area contributed by atoms with Crippen LogP contribution in [0.3, 0.4) is 0 Å². The second-order valence-corrected chi connectivity index (χ2v) is 31.0. The minimum absolute atomic E-state index is 0.0556. The summed E-state index contributed by atoms with van der Waals surface area (Å²) in [5.41, 5.74) is 2.07. The topological polar surface area (TPSA) is 0 Å². The molecular weight excluding hydrogens is 925 g/mol. The van der Waals surface area contributed by atoms with Gasteiger partial charge in [0.05, 0.1) is 0 Å². The minimum atomic E-state index is -1.06. The molecule has 2 spiro atoms. The first-order chi connectivity index (χ1) is 39.4. The molecule has 9 saturated carbocycles. The van der Waals surface area contributed by atoms with E-state index in [2.05, 4.69) is 34.6 Å². The van der Waals surface area contributed by atoms with E-state index in [1.165, 1.54) is 154 Å². The van der Waals surface area contributed by atoms with Gasteiger partial charge in [-0.25, -0.2) is 0 Å². The van der Waals surface area contributed by atoms with Crippen LogP contribution in [0.4, 0.5) is 0 Å². The summed E-state index contributed by atoms with van der Waals surface area (Å²) >= 11 is 0. The molecule has 0 atom stereocenters. The number of hydrogen-bond acceptors (Lipinski definition) is 0. The molecule has 0 saturated heterocycles. The standard InChI is InChI=1S/C14H26.C13H24.C11H20.2C7H14.C6H12.C6H14.C5H12.2C4H10/c1-12-4-6-14(7-5-12)10-8-13(2,3)9-11-14;1-11-7-9-13(10-8-11)12-5-3-2-4-6-12;1-10-4-8-11(9-5-10)6-2-3-7-11;1-7-5-3-2-4-6-7;1-2-7-5-3-4-6-7;1-6-4-2-3-5-6;1-5-6(2,3)4;1-4-5(2)3;2*1-4(2)3/h12H,4-11H2,1-3H3;11-13H,2-10H2,1H3;10H,2-9H2,1H3;2*7H,2-6H2,1H3;6H,2-5H2,1H3;5H2,1-4H3;5H,4H2,1-3H3;2*4H,1-3H3/i;;;7D;2D2;6D;5D2;4D2;2*4D. The number of rotatable bonds is 3. The van der Waals surface area contributed by atoms with E-state index >= 15 is 0 Å². The van der Waals surface area contributed by atoms with Crippen molar-refractivity contribution in [3.63, 3.8) is 0 Å². The lowest BCUT2D eigenvalue weighted by Gasteiger charge is -2.47. The van der Waals surface area contributed by atoms with Gasteiger partial charge in [-0.1, -0.05) is 331 Å². The first-order valence-corrected chi connectivity index (χ1v) is 34.4. The predicted molar refractivity (Wildman–Crippen MR) is 357 cm³/mol. The maximum Gasteiger partial charge on any atom is 0.0300 e. The fourth-order valence-electron chi connectivity index (χ4n) is 13.0. The molecule has 0 radical (unpaired) electrons. The summed E-state index contributed by atoms with van der Waals surface area (Å²) in [5.74, 6) is 5.16. The highest BCUT2D eigenvalue weighted by atomic mass is 14.5. The molecule has 9 aliphatic rings. The molecule has 0 heterocycles.